The third-order valence-corrected chi connectivity index (χ3v) is 5.27. The van der Waals surface area contributed by atoms with Crippen molar-refractivity contribution in [1.29, 1.82) is 5.26 Å². The highest BCUT2D eigenvalue weighted by molar-refractivity contribution is 5.97. The smallest absolute Gasteiger partial charge is 0.266 e. The summed E-state index contributed by atoms with van der Waals surface area (Å²) in [5.41, 5.74) is 6.33. The molecule has 2 aliphatic rings. The molecule has 2 heterocycles. The van der Waals surface area contributed by atoms with Crippen LogP contribution in [0.1, 0.15) is 0 Å². The molecule has 1 aromatic carbocycles. The molecule has 2 N–H and O–H groups in total. The third kappa shape index (κ3) is 4.80. The van der Waals surface area contributed by atoms with Gasteiger partial charge in [0.05, 0.1) is 5.69 Å². The normalized spacial score (nSPS) is 18.9. The number of nitriles is 1. The van der Waals surface area contributed by atoms with E-state index in [0.717, 1.165) is 19.6 Å². The van der Waals surface area contributed by atoms with Gasteiger partial charge in [-0.2, -0.15) is 5.26 Å². The van der Waals surface area contributed by atoms with Gasteiger partial charge >= 0.3 is 0 Å². The minimum Gasteiger partial charge on any atom is -0.373 e. The van der Waals surface area contributed by atoms with Gasteiger partial charge in [-0.1, -0.05) is 12.1 Å². The summed E-state index contributed by atoms with van der Waals surface area (Å²) in [6, 6.07) is 8.79. The zero-order valence-corrected chi connectivity index (χ0v) is 16.1. The van der Waals surface area contributed by atoms with Gasteiger partial charge in [0.2, 0.25) is 0 Å². The maximum absolute atomic E-state index is 14.0. The van der Waals surface area contributed by atoms with Crippen molar-refractivity contribution in [2.24, 2.45) is 5.73 Å². The number of benzene rings is 1. The number of nitrogens with zero attached hydrogens (tertiary/aromatic N) is 5. The number of rotatable bonds is 5. The van der Waals surface area contributed by atoms with E-state index in [0.29, 0.717) is 51.5 Å². The number of amides is 1. The van der Waals surface area contributed by atoms with E-state index in [-0.39, 0.29) is 17.3 Å². The third-order valence-electron chi connectivity index (χ3n) is 5.27. The first kappa shape index (κ1) is 20.1. The largest absolute Gasteiger partial charge is 0.373 e. The van der Waals surface area contributed by atoms with Crippen LogP contribution in [0, 0.1) is 17.1 Å². The lowest BCUT2D eigenvalue weighted by atomic mass is 10.2. The van der Waals surface area contributed by atoms with E-state index < -0.39 is 0 Å². The van der Waals surface area contributed by atoms with Crippen LogP contribution in [0.25, 0.3) is 0 Å². The highest BCUT2D eigenvalue weighted by atomic mass is 19.1. The Morgan fingerprint density at radius 1 is 1.11 bits per heavy atom. The number of hydrogen-bond acceptors (Lipinski definition) is 6. The highest BCUT2D eigenvalue weighted by Gasteiger charge is 2.25. The summed E-state index contributed by atoms with van der Waals surface area (Å²) >= 11 is 0. The number of piperazine rings is 2. The van der Waals surface area contributed by atoms with Gasteiger partial charge in [0, 0.05) is 71.6 Å². The lowest BCUT2D eigenvalue weighted by Crippen LogP contribution is -2.50. The minimum absolute atomic E-state index is 0.159. The zero-order chi connectivity index (χ0) is 19.9. The Labute approximate surface area is 165 Å². The van der Waals surface area contributed by atoms with Gasteiger partial charge < -0.3 is 20.4 Å². The van der Waals surface area contributed by atoms with Crippen molar-refractivity contribution in [3.8, 4) is 6.07 Å². The van der Waals surface area contributed by atoms with Crippen LogP contribution in [0.3, 0.4) is 0 Å². The van der Waals surface area contributed by atoms with Gasteiger partial charge in [-0.25, -0.2) is 4.39 Å². The average Bonchev–Trinajstić information content (AvgIpc) is 2.73. The molecule has 3 rings (SSSR count). The van der Waals surface area contributed by atoms with E-state index in [9.17, 15) is 14.4 Å². The Hall–Kier alpha value is -2.63. The number of hydrogen-bond donors (Lipinski definition) is 1. The second-order valence-electron chi connectivity index (χ2n) is 7.05. The van der Waals surface area contributed by atoms with E-state index in [1.165, 1.54) is 6.07 Å². The topological polar surface area (TPSA) is 79.8 Å². The van der Waals surface area contributed by atoms with E-state index in [2.05, 4.69) is 11.0 Å². The first-order valence-electron chi connectivity index (χ1n) is 9.69. The Balaban J connectivity index is 1.56. The summed E-state index contributed by atoms with van der Waals surface area (Å²) in [5.74, 6) is -0.445. The molecule has 2 aliphatic heterocycles. The van der Waals surface area contributed by atoms with Crippen LogP contribution in [-0.2, 0) is 4.79 Å². The Kier molecular flexibility index (Phi) is 6.85. The van der Waals surface area contributed by atoms with Crippen molar-refractivity contribution < 1.29 is 9.18 Å². The number of para-hydroxylation sites is 1. The molecule has 150 valence electrons. The van der Waals surface area contributed by atoms with Gasteiger partial charge in [-0.3, -0.25) is 9.69 Å². The SMILES string of the molecule is N#C/C(=C/N1CCN(c2ccccc2F)CC1)C(=O)N1CCN(CCN)CC1. The predicted octanol–water partition coefficient (Wildman–Crippen LogP) is 0.458. The Bertz CT molecular complexity index is 745. The molecule has 2 fully saturated rings. The monoisotopic (exact) mass is 386 g/mol. The van der Waals surface area contributed by atoms with Crippen LogP contribution < -0.4 is 10.6 Å². The van der Waals surface area contributed by atoms with E-state index in [1.54, 1.807) is 23.2 Å². The molecule has 7 nitrogen and oxygen atoms in total. The van der Waals surface area contributed by atoms with Crippen LogP contribution in [-0.4, -0.2) is 86.1 Å². The Morgan fingerprint density at radius 2 is 1.79 bits per heavy atom. The summed E-state index contributed by atoms with van der Waals surface area (Å²) < 4.78 is 14.0. The summed E-state index contributed by atoms with van der Waals surface area (Å²) in [6.45, 7) is 6.77. The molecule has 0 bridgehead atoms. The summed E-state index contributed by atoms with van der Waals surface area (Å²) in [7, 11) is 0. The summed E-state index contributed by atoms with van der Waals surface area (Å²) in [6.07, 6.45) is 1.66. The number of anilines is 1. The van der Waals surface area contributed by atoms with E-state index in [1.807, 2.05) is 15.9 Å². The number of halogens is 1. The molecule has 0 radical (unpaired) electrons. The van der Waals surface area contributed by atoms with Gasteiger partial charge in [-0.05, 0) is 12.1 Å². The molecule has 8 heteroatoms. The van der Waals surface area contributed by atoms with Crippen LogP contribution >= 0.6 is 0 Å². The fourth-order valence-electron chi connectivity index (χ4n) is 3.64. The fourth-order valence-corrected chi connectivity index (χ4v) is 3.64. The maximum Gasteiger partial charge on any atom is 0.266 e. The van der Waals surface area contributed by atoms with Crippen molar-refractivity contribution in [2.45, 2.75) is 0 Å². The van der Waals surface area contributed by atoms with Crippen molar-refractivity contribution >= 4 is 11.6 Å². The second kappa shape index (κ2) is 9.53. The van der Waals surface area contributed by atoms with Gasteiger partial charge in [0.1, 0.15) is 17.5 Å². The lowest BCUT2D eigenvalue weighted by Gasteiger charge is -2.36. The second-order valence-corrected chi connectivity index (χ2v) is 7.05. The van der Waals surface area contributed by atoms with Gasteiger partial charge in [-0.15, -0.1) is 0 Å². The predicted molar refractivity (Wildman–Crippen MR) is 106 cm³/mol. The van der Waals surface area contributed by atoms with Crippen molar-refractivity contribution in [3.63, 3.8) is 0 Å². The molecule has 28 heavy (non-hydrogen) atoms. The van der Waals surface area contributed by atoms with Crippen LogP contribution in [0.5, 0.6) is 0 Å². The lowest BCUT2D eigenvalue weighted by molar-refractivity contribution is -0.128. The van der Waals surface area contributed by atoms with E-state index in [4.69, 9.17) is 5.73 Å². The highest BCUT2D eigenvalue weighted by Crippen LogP contribution is 2.20. The molecule has 0 saturated carbocycles. The fraction of sp³-hybridized carbons (Fsp3) is 0.500. The summed E-state index contributed by atoms with van der Waals surface area (Å²) in [4.78, 5) is 20.6. The minimum atomic E-state index is -0.229. The first-order chi connectivity index (χ1) is 13.6. The first-order valence-corrected chi connectivity index (χ1v) is 9.69. The molecule has 0 spiro atoms. The van der Waals surface area contributed by atoms with E-state index >= 15 is 0 Å². The average molecular weight is 386 g/mol. The van der Waals surface area contributed by atoms with Gasteiger partial charge in [0.15, 0.2) is 0 Å². The molecular formula is C20H27FN6O. The van der Waals surface area contributed by atoms with Crippen LogP contribution in [0.2, 0.25) is 0 Å². The Morgan fingerprint density at radius 3 is 2.39 bits per heavy atom. The standard InChI is InChI=1S/C20H27FN6O/c21-18-3-1-2-4-19(18)26-11-9-25(10-12-26)16-17(15-23)20(28)27-13-7-24(6-5-22)8-14-27/h1-4,16H,5-14,22H2/b17-16-. The zero-order valence-electron chi connectivity index (χ0n) is 16.1. The quantitative estimate of drug-likeness (QED) is 0.585. The molecule has 0 unspecified atom stereocenters. The molecule has 1 amide bonds. The summed E-state index contributed by atoms with van der Waals surface area (Å²) in [5, 5.41) is 9.48. The molecular weight excluding hydrogens is 359 g/mol. The molecule has 2 saturated heterocycles. The van der Waals surface area contributed by atoms with Gasteiger partial charge in [0.25, 0.3) is 5.91 Å². The van der Waals surface area contributed by atoms with Crippen molar-refractivity contribution in [3.05, 3.63) is 41.9 Å². The van der Waals surface area contributed by atoms with Crippen molar-refractivity contribution in [1.82, 2.24) is 14.7 Å². The molecule has 0 atom stereocenters. The molecule has 0 aliphatic carbocycles. The number of nitrogens with two attached hydrogens (primary N) is 1. The molecule has 0 aromatic heterocycles. The molecule has 1 aromatic rings. The number of carbonyl (C=O) groups excluding carboxylic acids is 1. The number of carbonyl (C=O) groups is 1. The van der Waals surface area contributed by atoms with Crippen LogP contribution in [0.4, 0.5) is 10.1 Å². The maximum atomic E-state index is 14.0. The van der Waals surface area contributed by atoms with Crippen LogP contribution in [0.15, 0.2) is 36.0 Å². The van der Waals surface area contributed by atoms with Crippen molar-refractivity contribution in [2.75, 3.05) is 70.3 Å².